The molecular weight excluding hydrogens is 518 g/mol. The van der Waals surface area contributed by atoms with Crippen molar-refractivity contribution in [2.45, 2.75) is 44.4 Å². The average molecular weight is 548 g/mol. The SMILES string of the molecule is CC1CCN(c2ncccc2C(=O)NS(=O)(=O)c2cccc(OCc3cc(-c4ccccc4)on3)n2)C1(C)C. The minimum absolute atomic E-state index is 0.0162. The molecule has 5 rings (SSSR count). The van der Waals surface area contributed by atoms with Gasteiger partial charge < -0.3 is 14.2 Å². The molecule has 4 heterocycles. The van der Waals surface area contributed by atoms with Crippen LogP contribution in [0.4, 0.5) is 5.82 Å². The number of nitrogens with one attached hydrogen (secondary N) is 1. The van der Waals surface area contributed by atoms with E-state index in [4.69, 9.17) is 9.26 Å². The summed E-state index contributed by atoms with van der Waals surface area (Å²) in [6, 6.07) is 18.7. The molecule has 1 aliphatic rings. The highest BCUT2D eigenvalue weighted by Crippen LogP contribution is 2.38. The molecule has 1 amide bonds. The summed E-state index contributed by atoms with van der Waals surface area (Å²) in [5, 5.41) is 3.65. The number of amides is 1. The molecule has 1 aromatic carbocycles. The Bertz CT molecular complexity index is 1590. The van der Waals surface area contributed by atoms with Crippen molar-refractivity contribution in [2.75, 3.05) is 11.4 Å². The van der Waals surface area contributed by atoms with Crippen molar-refractivity contribution in [2.24, 2.45) is 5.92 Å². The average Bonchev–Trinajstić information content (AvgIpc) is 3.51. The summed E-state index contributed by atoms with van der Waals surface area (Å²) in [5.41, 5.74) is 1.33. The molecule has 202 valence electrons. The van der Waals surface area contributed by atoms with Crippen LogP contribution in [-0.2, 0) is 16.6 Å². The van der Waals surface area contributed by atoms with E-state index < -0.39 is 15.9 Å². The molecule has 1 unspecified atom stereocenters. The summed E-state index contributed by atoms with van der Waals surface area (Å²) in [4.78, 5) is 23.8. The molecule has 0 bridgehead atoms. The highest BCUT2D eigenvalue weighted by molar-refractivity contribution is 7.90. The van der Waals surface area contributed by atoms with Gasteiger partial charge >= 0.3 is 0 Å². The number of hydrogen-bond donors (Lipinski definition) is 1. The Hall–Kier alpha value is -4.25. The Balaban J connectivity index is 1.29. The molecule has 0 radical (unpaired) electrons. The van der Waals surface area contributed by atoms with E-state index in [0.29, 0.717) is 23.2 Å². The maximum absolute atomic E-state index is 13.2. The van der Waals surface area contributed by atoms with Crippen LogP contribution in [0.3, 0.4) is 0 Å². The summed E-state index contributed by atoms with van der Waals surface area (Å²) in [7, 11) is -4.30. The van der Waals surface area contributed by atoms with E-state index in [0.717, 1.165) is 18.5 Å². The lowest BCUT2D eigenvalue weighted by molar-refractivity contribution is 0.0981. The highest BCUT2D eigenvalue weighted by Gasteiger charge is 2.40. The second kappa shape index (κ2) is 10.5. The van der Waals surface area contributed by atoms with Gasteiger partial charge in [-0.25, -0.2) is 9.71 Å². The van der Waals surface area contributed by atoms with E-state index in [1.807, 2.05) is 30.3 Å². The first-order valence-electron chi connectivity index (χ1n) is 12.6. The van der Waals surface area contributed by atoms with Gasteiger partial charge in [-0.3, -0.25) is 4.79 Å². The quantitative estimate of drug-likeness (QED) is 0.340. The van der Waals surface area contributed by atoms with Gasteiger partial charge in [-0.1, -0.05) is 48.5 Å². The number of hydrogen-bond acceptors (Lipinski definition) is 9. The molecule has 3 aromatic heterocycles. The van der Waals surface area contributed by atoms with Crippen molar-refractivity contribution >= 4 is 21.7 Å². The zero-order valence-corrected chi connectivity index (χ0v) is 22.7. The van der Waals surface area contributed by atoms with Crippen LogP contribution in [0.5, 0.6) is 5.88 Å². The molecule has 0 spiro atoms. The van der Waals surface area contributed by atoms with Crippen LogP contribution in [0.1, 0.15) is 43.2 Å². The van der Waals surface area contributed by atoms with Gasteiger partial charge in [0.15, 0.2) is 10.8 Å². The summed E-state index contributed by atoms with van der Waals surface area (Å²) in [6.07, 6.45) is 2.54. The monoisotopic (exact) mass is 547 g/mol. The third-order valence-corrected chi connectivity index (χ3v) is 8.39. The molecular formula is C28H29N5O5S. The Kier molecular flexibility index (Phi) is 7.09. The second-order valence-electron chi connectivity index (χ2n) is 9.96. The minimum Gasteiger partial charge on any atom is -0.471 e. The van der Waals surface area contributed by atoms with Crippen LogP contribution in [0, 0.1) is 5.92 Å². The van der Waals surface area contributed by atoms with Crippen LogP contribution >= 0.6 is 0 Å². The molecule has 39 heavy (non-hydrogen) atoms. The lowest BCUT2D eigenvalue weighted by atomic mass is 9.90. The Morgan fingerprint density at radius 3 is 2.67 bits per heavy atom. The van der Waals surface area contributed by atoms with Crippen LogP contribution < -0.4 is 14.4 Å². The molecule has 1 aliphatic heterocycles. The fourth-order valence-electron chi connectivity index (χ4n) is 4.52. The van der Waals surface area contributed by atoms with Gasteiger partial charge in [0, 0.05) is 36.0 Å². The zero-order valence-electron chi connectivity index (χ0n) is 21.9. The number of carbonyl (C=O) groups is 1. The first-order chi connectivity index (χ1) is 18.6. The summed E-state index contributed by atoms with van der Waals surface area (Å²) < 4.78 is 39.4. The number of pyridine rings is 2. The van der Waals surface area contributed by atoms with Gasteiger partial charge in [-0.15, -0.1) is 0 Å². The normalized spacial score (nSPS) is 16.7. The number of carbonyl (C=O) groups excluding carboxylic acids is 1. The lowest BCUT2D eigenvalue weighted by Gasteiger charge is -2.36. The van der Waals surface area contributed by atoms with Crippen molar-refractivity contribution in [1.82, 2.24) is 19.8 Å². The first-order valence-corrected chi connectivity index (χ1v) is 14.0. The molecule has 0 aliphatic carbocycles. The van der Waals surface area contributed by atoms with Crippen LogP contribution in [0.15, 0.2) is 82.5 Å². The standard InChI is InChI=1S/C28H29N5O5S/c1-19-14-16-33(28(19,2)3)26-22(11-8-15-29-26)27(34)32-39(35,36)25-13-7-12-24(30-25)37-18-21-17-23(38-31-21)20-9-5-4-6-10-20/h4-13,15,17,19H,14,16,18H2,1-3H3,(H,32,34). The van der Waals surface area contributed by atoms with Crippen molar-refractivity contribution in [3.63, 3.8) is 0 Å². The van der Waals surface area contributed by atoms with E-state index in [1.54, 1.807) is 24.4 Å². The number of rotatable bonds is 8. The van der Waals surface area contributed by atoms with E-state index in [1.165, 1.54) is 18.2 Å². The number of anilines is 1. The van der Waals surface area contributed by atoms with E-state index in [-0.39, 0.29) is 28.6 Å². The van der Waals surface area contributed by atoms with Crippen molar-refractivity contribution in [3.8, 4) is 17.2 Å². The molecule has 1 saturated heterocycles. The first kappa shape index (κ1) is 26.4. The summed E-state index contributed by atoms with van der Waals surface area (Å²) in [6.45, 7) is 7.07. The number of sulfonamides is 1. The summed E-state index contributed by atoms with van der Waals surface area (Å²) >= 11 is 0. The molecule has 1 fully saturated rings. The lowest BCUT2D eigenvalue weighted by Crippen LogP contribution is -2.43. The maximum atomic E-state index is 13.2. The Labute approximate surface area is 227 Å². The molecule has 0 saturated carbocycles. The van der Waals surface area contributed by atoms with E-state index >= 15 is 0 Å². The Morgan fingerprint density at radius 2 is 1.92 bits per heavy atom. The second-order valence-corrected chi connectivity index (χ2v) is 11.6. The predicted molar refractivity (Wildman–Crippen MR) is 145 cm³/mol. The van der Waals surface area contributed by atoms with Crippen molar-refractivity contribution in [1.29, 1.82) is 0 Å². The fourth-order valence-corrected chi connectivity index (χ4v) is 5.45. The fraction of sp³-hybridized carbons (Fsp3) is 0.286. The van der Waals surface area contributed by atoms with Gasteiger partial charge in [-0.05, 0) is 44.4 Å². The third kappa shape index (κ3) is 5.49. The highest BCUT2D eigenvalue weighted by atomic mass is 32.2. The molecule has 11 heteroatoms. The van der Waals surface area contributed by atoms with E-state index in [2.05, 4.69) is 45.5 Å². The van der Waals surface area contributed by atoms with Gasteiger partial charge in [-0.2, -0.15) is 13.4 Å². The van der Waals surface area contributed by atoms with Crippen molar-refractivity contribution in [3.05, 3.63) is 84.2 Å². The zero-order chi connectivity index (χ0) is 27.6. The van der Waals surface area contributed by atoms with Crippen molar-refractivity contribution < 1.29 is 22.5 Å². The van der Waals surface area contributed by atoms with Gasteiger partial charge in [0.05, 0.1) is 5.56 Å². The number of aromatic nitrogens is 3. The van der Waals surface area contributed by atoms with Crippen LogP contribution in [-0.4, -0.2) is 41.5 Å². The maximum Gasteiger partial charge on any atom is 0.281 e. The predicted octanol–water partition coefficient (Wildman–Crippen LogP) is 4.45. The molecule has 1 atom stereocenters. The summed E-state index contributed by atoms with van der Waals surface area (Å²) in [5.74, 6) is 0.699. The van der Waals surface area contributed by atoms with E-state index in [9.17, 15) is 13.2 Å². The number of ether oxygens (including phenoxy) is 1. The largest absolute Gasteiger partial charge is 0.471 e. The number of nitrogens with zero attached hydrogens (tertiary/aromatic N) is 4. The van der Waals surface area contributed by atoms with Gasteiger partial charge in [0.2, 0.25) is 5.88 Å². The molecule has 1 N–H and O–H groups in total. The van der Waals surface area contributed by atoms with Crippen LogP contribution in [0.25, 0.3) is 11.3 Å². The molecule has 4 aromatic rings. The topological polar surface area (TPSA) is 128 Å². The number of benzene rings is 1. The van der Waals surface area contributed by atoms with Gasteiger partial charge in [0.25, 0.3) is 15.9 Å². The van der Waals surface area contributed by atoms with Crippen LogP contribution in [0.2, 0.25) is 0 Å². The Morgan fingerprint density at radius 1 is 1.13 bits per heavy atom. The van der Waals surface area contributed by atoms with Gasteiger partial charge in [0.1, 0.15) is 18.1 Å². The minimum atomic E-state index is -4.30. The molecule has 10 nitrogen and oxygen atoms in total. The third-order valence-electron chi connectivity index (χ3n) is 7.16. The smallest absolute Gasteiger partial charge is 0.281 e.